The number of aromatic carboxylic acids is 2. The molecule has 1 aliphatic carbocycles. The molecule has 11 heteroatoms. The van der Waals surface area contributed by atoms with Crippen molar-refractivity contribution in [2.45, 2.75) is 13.1 Å². The fraction of sp³-hybridized carbons (Fsp3) is 0.0488. The topological polar surface area (TPSA) is 175 Å². The number of carboxylic acids is 2. The van der Waals surface area contributed by atoms with Crippen LogP contribution in [-0.4, -0.2) is 37.2 Å². The summed E-state index contributed by atoms with van der Waals surface area (Å²) in [5.74, 6) is -2.17. The molecule has 0 saturated carbocycles. The fourth-order valence-corrected chi connectivity index (χ4v) is 6.64. The first kappa shape index (κ1) is 32.0. The van der Waals surface area contributed by atoms with E-state index in [1.165, 1.54) is 24.3 Å². The predicted molar refractivity (Wildman–Crippen MR) is 198 cm³/mol. The van der Waals surface area contributed by atoms with Gasteiger partial charge in [-0.25, -0.2) is 14.6 Å². The van der Waals surface area contributed by atoms with E-state index in [4.69, 9.17) is 4.42 Å². The molecule has 0 amide bonds. The third-order valence-electron chi connectivity index (χ3n) is 9.11. The van der Waals surface area contributed by atoms with Crippen molar-refractivity contribution in [1.82, 2.24) is 9.97 Å². The van der Waals surface area contributed by atoms with Gasteiger partial charge in [-0.1, -0.05) is 54.6 Å². The molecule has 52 heavy (non-hydrogen) atoms. The van der Waals surface area contributed by atoms with Gasteiger partial charge < -0.3 is 30.4 Å². The number of carboxylic acid groups (broad SMARTS) is 2. The van der Waals surface area contributed by atoms with Gasteiger partial charge in [0.2, 0.25) is 0 Å². The lowest BCUT2D eigenvalue weighted by Gasteiger charge is -2.21. The van der Waals surface area contributed by atoms with Gasteiger partial charge in [-0.05, 0) is 60.2 Å². The number of hydrogen-bond acceptors (Lipinski definition) is 9. The number of aromatic nitrogens is 2. The molecular formula is C41H28N4O7. The summed E-state index contributed by atoms with van der Waals surface area (Å²) < 4.78 is 6.64. The highest BCUT2D eigenvalue weighted by Gasteiger charge is 2.26. The lowest BCUT2D eigenvalue weighted by Crippen LogP contribution is -2.15. The number of para-hydroxylation sites is 2. The van der Waals surface area contributed by atoms with Crippen LogP contribution in [0.5, 0.6) is 5.75 Å². The van der Waals surface area contributed by atoms with E-state index in [9.17, 15) is 29.7 Å². The lowest BCUT2D eigenvalue weighted by molar-refractivity contribution is 0.0683. The number of pyridine rings is 2. The molecule has 5 N–H and O–H groups in total. The highest BCUT2D eigenvalue weighted by Crippen LogP contribution is 2.45. The molecule has 0 bridgehead atoms. The largest absolute Gasteiger partial charge is 0.507 e. The van der Waals surface area contributed by atoms with Crippen LogP contribution in [0.2, 0.25) is 0 Å². The van der Waals surface area contributed by atoms with E-state index in [2.05, 4.69) is 20.6 Å². The summed E-state index contributed by atoms with van der Waals surface area (Å²) in [6.45, 7) is 0.0590. The number of carbonyl (C=O) groups is 2. The molecule has 2 aliphatic rings. The Morgan fingerprint density at radius 1 is 0.673 bits per heavy atom. The molecule has 2 aromatic heterocycles. The summed E-state index contributed by atoms with van der Waals surface area (Å²) in [7, 11) is 0. The molecule has 8 rings (SSSR count). The highest BCUT2D eigenvalue weighted by molar-refractivity contribution is 6.08. The van der Waals surface area contributed by atoms with Crippen molar-refractivity contribution in [3.63, 3.8) is 0 Å². The molecule has 0 unspecified atom stereocenters. The SMILES string of the molecule is O=C(O)c1ccc2cccc(NCc3c4oc5c(CNc6cccc7cccnc67)c(O)ccc5c(-c5ccccc5C(=O)O)c-4ccc3=O)c2n1. The van der Waals surface area contributed by atoms with E-state index >= 15 is 0 Å². The monoisotopic (exact) mass is 688 g/mol. The van der Waals surface area contributed by atoms with Crippen molar-refractivity contribution >= 4 is 56.1 Å². The van der Waals surface area contributed by atoms with E-state index in [1.807, 2.05) is 30.3 Å². The number of aromatic hydroxyl groups is 1. The normalized spacial score (nSPS) is 11.3. The fourth-order valence-electron chi connectivity index (χ4n) is 6.64. The van der Waals surface area contributed by atoms with Crippen LogP contribution in [0.15, 0.2) is 125 Å². The van der Waals surface area contributed by atoms with Crippen molar-refractivity contribution < 1.29 is 29.3 Å². The number of phenols is 1. The standard InChI is InChI=1S/C41H28N4O7/c46-33-17-14-26-35(24-9-1-2-10-25(24)40(48)49)27-15-18-34(47)29(21-44-31-12-4-7-23-13-16-32(41(50)51)45-37(23)31)39(27)52-38(26)28(33)20-43-30-11-3-6-22-8-5-19-42-36(22)30/h1-19,43-44,46H,20-21H2,(H,48,49)(H,50,51). The number of nitrogens with one attached hydrogen (secondary N) is 2. The zero-order valence-electron chi connectivity index (χ0n) is 27.3. The first-order chi connectivity index (χ1) is 25.3. The molecule has 0 atom stereocenters. The van der Waals surface area contributed by atoms with Crippen LogP contribution in [0.3, 0.4) is 0 Å². The third-order valence-corrected chi connectivity index (χ3v) is 9.11. The van der Waals surface area contributed by atoms with Gasteiger partial charge in [-0.2, -0.15) is 0 Å². The minimum Gasteiger partial charge on any atom is -0.507 e. The first-order valence-corrected chi connectivity index (χ1v) is 16.3. The second-order valence-electron chi connectivity index (χ2n) is 12.2. The van der Waals surface area contributed by atoms with E-state index in [0.29, 0.717) is 44.2 Å². The maximum atomic E-state index is 13.7. The minimum atomic E-state index is -1.17. The number of fused-ring (bicyclic) bond motifs is 4. The van der Waals surface area contributed by atoms with Crippen LogP contribution in [-0.2, 0) is 13.1 Å². The zero-order chi connectivity index (χ0) is 35.9. The van der Waals surface area contributed by atoms with Crippen LogP contribution in [0.1, 0.15) is 32.0 Å². The molecule has 0 radical (unpaired) electrons. The van der Waals surface area contributed by atoms with Crippen molar-refractivity contribution in [3.05, 3.63) is 148 Å². The number of nitrogens with zero attached hydrogens (tertiary/aromatic N) is 2. The maximum Gasteiger partial charge on any atom is 0.354 e. The Morgan fingerprint density at radius 2 is 1.38 bits per heavy atom. The third kappa shape index (κ3) is 5.56. The number of hydrogen-bond donors (Lipinski definition) is 5. The second-order valence-corrected chi connectivity index (χ2v) is 12.2. The Balaban J connectivity index is 1.32. The number of rotatable bonds is 9. The van der Waals surface area contributed by atoms with Gasteiger partial charge in [0.1, 0.15) is 22.8 Å². The molecule has 4 aromatic carbocycles. The Kier molecular flexibility index (Phi) is 7.92. The highest BCUT2D eigenvalue weighted by atomic mass is 16.4. The van der Waals surface area contributed by atoms with Crippen LogP contribution in [0.4, 0.5) is 11.4 Å². The second kappa shape index (κ2) is 12.9. The van der Waals surface area contributed by atoms with Crippen molar-refractivity contribution in [1.29, 1.82) is 0 Å². The Bertz CT molecular complexity index is 2750. The zero-order valence-corrected chi connectivity index (χ0v) is 27.3. The molecule has 0 fully saturated rings. The van der Waals surface area contributed by atoms with Gasteiger partial charge in [-0.15, -0.1) is 0 Å². The molecule has 11 nitrogen and oxygen atoms in total. The predicted octanol–water partition coefficient (Wildman–Crippen LogP) is 7.99. The molecule has 0 spiro atoms. The Labute approximate surface area is 294 Å². The summed E-state index contributed by atoms with van der Waals surface area (Å²) in [4.78, 5) is 46.7. The number of benzene rings is 5. The lowest BCUT2D eigenvalue weighted by atomic mass is 9.88. The van der Waals surface area contributed by atoms with E-state index < -0.39 is 11.9 Å². The quantitative estimate of drug-likeness (QED) is 0.0930. The minimum absolute atomic E-state index is 0.0443. The van der Waals surface area contributed by atoms with Crippen LogP contribution in [0.25, 0.3) is 55.2 Å². The van der Waals surface area contributed by atoms with Gasteiger partial charge in [0.15, 0.2) is 5.43 Å². The van der Waals surface area contributed by atoms with Gasteiger partial charge in [-0.3, -0.25) is 9.78 Å². The summed E-state index contributed by atoms with van der Waals surface area (Å²) in [6, 6.07) is 30.8. The van der Waals surface area contributed by atoms with Crippen molar-refractivity contribution in [2.75, 3.05) is 10.6 Å². The van der Waals surface area contributed by atoms with Crippen LogP contribution < -0.4 is 16.1 Å². The Hall–Kier alpha value is -7.27. The van der Waals surface area contributed by atoms with Crippen molar-refractivity contribution in [2.24, 2.45) is 0 Å². The smallest absolute Gasteiger partial charge is 0.354 e. The summed E-state index contributed by atoms with van der Waals surface area (Å²) in [5.41, 5.74) is 4.25. The maximum absolute atomic E-state index is 13.7. The van der Waals surface area contributed by atoms with Gasteiger partial charge >= 0.3 is 11.9 Å². The summed E-state index contributed by atoms with van der Waals surface area (Å²) in [5, 5.41) is 39.9. The molecule has 0 saturated heterocycles. The average molecular weight is 689 g/mol. The van der Waals surface area contributed by atoms with E-state index in [0.717, 1.165) is 16.6 Å². The van der Waals surface area contributed by atoms with Gasteiger partial charge in [0, 0.05) is 46.6 Å². The number of phenolic OH excluding ortho intramolecular Hbond substituents is 1. The number of anilines is 2. The van der Waals surface area contributed by atoms with Gasteiger partial charge in [0.25, 0.3) is 0 Å². The molecule has 254 valence electrons. The average Bonchev–Trinajstić information content (AvgIpc) is 3.16. The molecule has 3 heterocycles. The summed E-state index contributed by atoms with van der Waals surface area (Å²) in [6.07, 6.45) is 1.70. The first-order valence-electron chi connectivity index (χ1n) is 16.3. The molecular weight excluding hydrogens is 660 g/mol. The molecule has 6 aromatic rings. The van der Waals surface area contributed by atoms with E-state index in [1.54, 1.807) is 60.8 Å². The van der Waals surface area contributed by atoms with Crippen LogP contribution in [0, 0.1) is 0 Å². The van der Waals surface area contributed by atoms with Gasteiger partial charge in [0.05, 0.1) is 39.1 Å². The van der Waals surface area contributed by atoms with E-state index in [-0.39, 0.29) is 52.4 Å². The van der Waals surface area contributed by atoms with Crippen molar-refractivity contribution in [3.8, 4) is 28.2 Å². The molecule has 1 aliphatic heterocycles. The summed E-state index contributed by atoms with van der Waals surface area (Å²) >= 11 is 0. The Morgan fingerprint density at radius 3 is 2.15 bits per heavy atom. The van der Waals surface area contributed by atoms with Crippen LogP contribution >= 0.6 is 0 Å².